The van der Waals surface area contributed by atoms with E-state index < -0.39 is 5.97 Å². The lowest BCUT2D eigenvalue weighted by molar-refractivity contribution is 0.0696. The van der Waals surface area contributed by atoms with Crippen LogP contribution in [0.4, 0.5) is 0 Å². The number of carboxylic acids is 1. The maximum atomic E-state index is 11.8. The Labute approximate surface area is 136 Å². The van der Waals surface area contributed by atoms with E-state index in [-0.39, 0.29) is 17.5 Å². The van der Waals surface area contributed by atoms with Gasteiger partial charge in [0.1, 0.15) is 0 Å². The molecule has 0 aromatic heterocycles. The van der Waals surface area contributed by atoms with Crippen LogP contribution < -0.4 is 5.32 Å². The molecule has 2 aromatic carbocycles. The highest BCUT2D eigenvalue weighted by molar-refractivity contribution is 5.98. The van der Waals surface area contributed by atoms with Crippen LogP contribution in [-0.4, -0.2) is 23.0 Å². The molecule has 2 N–H and O–H groups in total. The molecule has 0 atom stereocenters. The summed E-state index contributed by atoms with van der Waals surface area (Å²) in [6.07, 6.45) is 3.15. The van der Waals surface area contributed by atoms with Crippen LogP contribution in [0.5, 0.6) is 0 Å². The van der Waals surface area contributed by atoms with Crippen LogP contribution >= 0.6 is 0 Å². The van der Waals surface area contributed by atoms with Crippen LogP contribution in [0.15, 0.2) is 42.5 Å². The predicted molar refractivity (Wildman–Crippen MR) is 87.4 cm³/mol. The predicted octanol–water partition coefficient (Wildman–Crippen LogP) is 3.26. The molecule has 4 nitrogen and oxygen atoms in total. The molecule has 0 saturated heterocycles. The van der Waals surface area contributed by atoms with E-state index in [0.29, 0.717) is 11.1 Å². The van der Waals surface area contributed by atoms with Crippen molar-refractivity contribution >= 4 is 11.9 Å². The number of benzene rings is 2. The van der Waals surface area contributed by atoms with Gasteiger partial charge in [0.05, 0.1) is 5.56 Å². The van der Waals surface area contributed by atoms with E-state index in [1.807, 2.05) is 30.3 Å². The molecule has 4 heteroatoms. The van der Waals surface area contributed by atoms with Crippen molar-refractivity contribution in [1.82, 2.24) is 5.32 Å². The Bertz CT molecular complexity index is 637. The van der Waals surface area contributed by atoms with E-state index in [1.165, 1.54) is 6.07 Å². The fourth-order valence-electron chi connectivity index (χ4n) is 2.08. The standard InChI is InChI=1S/C13H14NO3.C6H5/c1-8-5-6-9(7-11(8)13(16)17)12(15)14-10-3-2-4-10;1-2-4-6-5-3-1/h5,7,10H,2-4H2,1H3,(H,14,15)(H,16,17);1-5H. The molecular weight excluding hydrogens is 290 g/mol. The van der Waals surface area contributed by atoms with Gasteiger partial charge in [-0.2, -0.15) is 0 Å². The van der Waals surface area contributed by atoms with Gasteiger partial charge in [0, 0.05) is 11.6 Å². The molecule has 0 bridgehead atoms. The normalized spacial score (nSPS) is 13.3. The van der Waals surface area contributed by atoms with Crippen molar-refractivity contribution in [3.8, 4) is 0 Å². The molecule has 1 aliphatic carbocycles. The summed E-state index contributed by atoms with van der Waals surface area (Å²) in [5.74, 6) is -1.26. The molecule has 0 aliphatic heterocycles. The zero-order valence-corrected chi connectivity index (χ0v) is 13.0. The van der Waals surface area contributed by atoms with Crippen LogP contribution in [0.1, 0.15) is 45.5 Å². The number of hydrogen-bond donors (Lipinski definition) is 2. The highest BCUT2D eigenvalue weighted by Crippen LogP contribution is 2.19. The third-order valence-electron chi connectivity index (χ3n) is 3.68. The van der Waals surface area contributed by atoms with Gasteiger partial charge in [-0.05, 0) is 56.0 Å². The Kier molecular flexibility index (Phi) is 5.92. The van der Waals surface area contributed by atoms with E-state index in [0.717, 1.165) is 19.3 Å². The first-order valence-electron chi connectivity index (χ1n) is 7.55. The first kappa shape index (κ1) is 16.7. The van der Waals surface area contributed by atoms with Crippen molar-refractivity contribution < 1.29 is 14.7 Å². The summed E-state index contributed by atoms with van der Waals surface area (Å²) < 4.78 is 0. The second-order valence-electron chi connectivity index (χ2n) is 5.43. The average Bonchev–Trinajstić information content (AvgIpc) is 2.53. The number of carboxylic acid groups (broad SMARTS) is 1. The van der Waals surface area contributed by atoms with Crippen molar-refractivity contribution in [3.63, 3.8) is 0 Å². The Balaban J connectivity index is 0.000000268. The second-order valence-corrected chi connectivity index (χ2v) is 5.43. The van der Waals surface area contributed by atoms with Crippen LogP contribution in [0.2, 0.25) is 0 Å². The largest absolute Gasteiger partial charge is 0.478 e. The van der Waals surface area contributed by atoms with Gasteiger partial charge >= 0.3 is 5.97 Å². The molecular formula is C19H19NO3. The van der Waals surface area contributed by atoms with E-state index >= 15 is 0 Å². The number of rotatable bonds is 3. The summed E-state index contributed by atoms with van der Waals surface area (Å²) in [5, 5.41) is 11.8. The summed E-state index contributed by atoms with van der Waals surface area (Å²) in [6, 6.07) is 18.5. The summed E-state index contributed by atoms with van der Waals surface area (Å²) in [5.41, 5.74) is 1.06. The number of nitrogens with one attached hydrogen (secondary N) is 1. The quantitative estimate of drug-likeness (QED) is 0.914. The Morgan fingerprint density at radius 2 is 1.91 bits per heavy atom. The summed E-state index contributed by atoms with van der Waals surface area (Å²) >= 11 is 0. The number of hydrogen-bond acceptors (Lipinski definition) is 2. The number of amides is 1. The molecule has 23 heavy (non-hydrogen) atoms. The Hall–Kier alpha value is -2.62. The lowest BCUT2D eigenvalue weighted by Crippen LogP contribution is -2.39. The van der Waals surface area contributed by atoms with Gasteiger partial charge in [-0.25, -0.2) is 4.79 Å². The van der Waals surface area contributed by atoms with Crippen molar-refractivity contribution in [2.75, 3.05) is 0 Å². The molecule has 2 aromatic rings. The number of aromatic carboxylic acids is 1. The fraction of sp³-hybridized carbons (Fsp3) is 0.263. The number of aryl methyl sites for hydroxylation is 1. The smallest absolute Gasteiger partial charge is 0.335 e. The maximum absolute atomic E-state index is 11.8. The molecule has 1 aliphatic rings. The Morgan fingerprint density at radius 1 is 1.22 bits per heavy atom. The van der Waals surface area contributed by atoms with Crippen LogP contribution in [-0.2, 0) is 0 Å². The molecule has 1 amide bonds. The fourth-order valence-corrected chi connectivity index (χ4v) is 2.08. The SMILES string of the molecule is Cc1c[c]c(C(=O)NC2CCC2)cc1C(=O)O.[c]1ccccc1. The molecule has 3 rings (SSSR count). The minimum absolute atomic E-state index is 0.155. The summed E-state index contributed by atoms with van der Waals surface area (Å²) in [6.45, 7) is 1.69. The topological polar surface area (TPSA) is 66.4 Å². The highest BCUT2D eigenvalue weighted by atomic mass is 16.4. The van der Waals surface area contributed by atoms with Gasteiger partial charge in [-0.3, -0.25) is 4.79 Å². The summed E-state index contributed by atoms with van der Waals surface area (Å²) in [7, 11) is 0. The molecule has 118 valence electrons. The summed E-state index contributed by atoms with van der Waals surface area (Å²) in [4.78, 5) is 22.7. The van der Waals surface area contributed by atoms with Crippen molar-refractivity contribution in [2.24, 2.45) is 0 Å². The third-order valence-corrected chi connectivity index (χ3v) is 3.68. The zero-order valence-electron chi connectivity index (χ0n) is 13.0. The molecule has 1 saturated carbocycles. The maximum Gasteiger partial charge on any atom is 0.335 e. The van der Waals surface area contributed by atoms with E-state index in [9.17, 15) is 9.59 Å². The van der Waals surface area contributed by atoms with Gasteiger partial charge in [-0.1, -0.05) is 30.3 Å². The molecule has 1 fully saturated rings. The minimum atomic E-state index is -1.02. The molecule has 0 unspecified atom stereocenters. The zero-order chi connectivity index (χ0) is 16.7. The number of carbonyl (C=O) groups is 2. The average molecular weight is 309 g/mol. The third kappa shape index (κ3) is 4.95. The first-order valence-corrected chi connectivity index (χ1v) is 7.55. The van der Waals surface area contributed by atoms with Crippen LogP contribution in [0, 0.1) is 19.1 Å². The van der Waals surface area contributed by atoms with Gasteiger partial charge in [0.25, 0.3) is 5.91 Å². The molecule has 0 spiro atoms. The molecule has 0 heterocycles. The van der Waals surface area contributed by atoms with Gasteiger partial charge in [0.15, 0.2) is 0 Å². The van der Waals surface area contributed by atoms with E-state index in [1.54, 1.807) is 13.0 Å². The van der Waals surface area contributed by atoms with Crippen molar-refractivity contribution in [2.45, 2.75) is 32.2 Å². The lowest BCUT2D eigenvalue weighted by Gasteiger charge is -2.26. The van der Waals surface area contributed by atoms with Crippen molar-refractivity contribution in [3.05, 3.63) is 71.3 Å². The Morgan fingerprint density at radius 3 is 2.35 bits per heavy atom. The van der Waals surface area contributed by atoms with E-state index in [2.05, 4.69) is 17.4 Å². The van der Waals surface area contributed by atoms with Gasteiger partial charge < -0.3 is 10.4 Å². The van der Waals surface area contributed by atoms with Gasteiger partial charge in [0.2, 0.25) is 0 Å². The number of carbonyl (C=O) groups excluding carboxylic acids is 1. The van der Waals surface area contributed by atoms with Crippen LogP contribution in [0.3, 0.4) is 0 Å². The second kappa shape index (κ2) is 8.13. The van der Waals surface area contributed by atoms with E-state index in [4.69, 9.17) is 5.11 Å². The minimum Gasteiger partial charge on any atom is -0.478 e. The van der Waals surface area contributed by atoms with Crippen LogP contribution in [0.25, 0.3) is 0 Å². The highest BCUT2D eigenvalue weighted by Gasteiger charge is 2.21. The monoisotopic (exact) mass is 309 g/mol. The first-order chi connectivity index (χ1) is 11.1. The molecule has 2 radical (unpaired) electrons. The van der Waals surface area contributed by atoms with Crippen molar-refractivity contribution in [1.29, 1.82) is 0 Å². The van der Waals surface area contributed by atoms with Gasteiger partial charge in [-0.15, -0.1) is 0 Å². The lowest BCUT2D eigenvalue weighted by atomic mass is 9.93.